The fourth-order valence-electron chi connectivity index (χ4n) is 0.794. The Morgan fingerprint density at radius 3 is 2.23 bits per heavy atom. The van der Waals surface area contributed by atoms with Gasteiger partial charge in [-0.3, -0.25) is 0 Å². The van der Waals surface area contributed by atoms with Gasteiger partial charge in [-0.15, -0.1) is 0 Å². The van der Waals surface area contributed by atoms with Gasteiger partial charge in [0.25, 0.3) is 0 Å². The summed E-state index contributed by atoms with van der Waals surface area (Å²) < 4.78 is 47.5. The van der Waals surface area contributed by atoms with Crippen molar-refractivity contribution >= 4 is 6.98 Å². The predicted molar refractivity (Wildman–Crippen MR) is 37.0 cm³/mol. The first kappa shape index (κ1) is 13.6. The van der Waals surface area contributed by atoms with E-state index >= 15 is 0 Å². The summed E-state index contributed by atoms with van der Waals surface area (Å²) in [5.41, 5.74) is -0.0103. The second-order valence-electron chi connectivity index (χ2n) is 2.40. The number of hydrogen-bond donors (Lipinski definition) is 0. The van der Waals surface area contributed by atoms with Crippen molar-refractivity contribution in [3.05, 3.63) is 29.8 Å². The molecule has 7 heteroatoms. The standard InChI is InChI=1S/C6H5BF4N.K/c8-6-2-1-5(4-12-6)3-7(9,10)11;/h1-2,4H,3H2;/q-1;+1. The van der Waals surface area contributed by atoms with Crippen LogP contribution in [0.15, 0.2) is 18.3 Å². The normalized spacial score (nSPS) is 10.8. The number of pyridine rings is 1. The number of aromatic nitrogens is 1. The molecule has 1 aromatic heterocycles. The van der Waals surface area contributed by atoms with Crippen LogP contribution in [-0.2, 0) is 6.32 Å². The molecule has 0 aliphatic rings. The van der Waals surface area contributed by atoms with Crippen molar-refractivity contribution in [3.63, 3.8) is 0 Å². The van der Waals surface area contributed by atoms with Gasteiger partial charge in [-0.1, -0.05) is 17.9 Å². The second kappa shape index (κ2) is 5.45. The Morgan fingerprint density at radius 1 is 1.23 bits per heavy atom. The van der Waals surface area contributed by atoms with Crippen LogP contribution in [0.25, 0.3) is 0 Å². The van der Waals surface area contributed by atoms with E-state index in [-0.39, 0.29) is 56.9 Å². The first-order valence-corrected chi connectivity index (χ1v) is 3.29. The quantitative estimate of drug-likeness (QED) is 0.357. The molecule has 0 atom stereocenters. The third kappa shape index (κ3) is 5.79. The molecule has 0 aliphatic heterocycles. The predicted octanol–water partition coefficient (Wildman–Crippen LogP) is -0.846. The van der Waals surface area contributed by atoms with Crippen molar-refractivity contribution < 1.29 is 68.7 Å². The smallest absolute Gasteiger partial charge is 0.449 e. The Hall–Kier alpha value is 0.571. The number of hydrogen-bond acceptors (Lipinski definition) is 1. The van der Waals surface area contributed by atoms with E-state index in [1.54, 1.807) is 0 Å². The fourth-order valence-corrected chi connectivity index (χ4v) is 0.794. The van der Waals surface area contributed by atoms with Crippen molar-refractivity contribution in [1.29, 1.82) is 0 Å². The Kier molecular flexibility index (Phi) is 5.69. The van der Waals surface area contributed by atoms with Gasteiger partial charge in [-0.05, 0) is 6.07 Å². The molecular weight excluding hydrogens is 212 g/mol. The second-order valence-corrected chi connectivity index (χ2v) is 2.40. The van der Waals surface area contributed by atoms with Crippen LogP contribution in [0.3, 0.4) is 0 Å². The van der Waals surface area contributed by atoms with Crippen molar-refractivity contribution in [3.8, 4) is 0 Å². The van der Waals surface area contributed by atoms with Crippen molar-refractivity contribution in [2.45, 2.75) is 6.32 Å². The van der Waals surface area contributed by atoms with E-state index < -0.39 is 19.2 Å². The summed E-state index contributed by atoms with van der Waals surface area (Å²) in [4.78, 5) is 3.11. The van der Waals surface area contributed by atoms with E-state index in [1.807, 2.05) is 0 Å². The van der Waals surface area contributed by atoms with Gasteiger partial charge in [0.1, 0.15) is 0 Å². The van der Waals surface area contributed by atoms with Crippen molar-refractivity contribution in [2.75, 3.05) is 0 Å². The molecule has 0 N–H and O–H groups in total. The maximum absolute atomic E-state index is 12.1. The summed E-state index contributed by atoms with van der Waals surface area (Å²) in [7, 11) is 0. The van der Waals surface area contributed by atoms with Gasteiger partial charge >= 0.3 is 58.4 Å². The molecule has 1 heterocycles. The maximum atomic E-state index is 12.1. The molecule has 0 saturated heterocycles. The summed E-state index contributed by atoms with van der Waals surface area (Å²) >= 11 is 0. The van der Waals surface area contributed by atoms with E-state index in [9.17, 15) is 17.3 Å². The van der Waals surface area contributed by atoms with Crippen LogP contribution in [0.2, 0.25) is 0 Å². The largest absolute Gasteiger partial charge is 1.00 e. The molecule has 0 bridgehead atoms. The zero-order valence-electron chi connectivity index (χ0n) is 6.98. The Balaban J connectivity index is 0.00000144. The average Bonchev–Trinajstić information content (AvgIpc) is 1.91. The van der Waals surface area contributed by atoms with Gasteiger partial charge in [-0.25, -0.2) is 4.98 Å². The topological polar surface area (TPSA) is 12.9 Å². The molecule has 0 amide bonds. The summed E-state index contributed by atoms with van der Waals surface area (Å²) in [6.07, 6.45) is -0.113. The van der Waals surface area contributed by atoms with Crippen LogP contribution in [0.5, 0.6) is 0 Å². The van der Waals surface area contributed by atoms with Gasteiger partial charge in [0.15, 0.2) is 0 Å². The van der Waals surface area contributed by atoms with E-state index in [4.69, 9.17) is 0 Å². The molecule has 0 saturated carbocycles. The molecule has 1 rings (SSSR count). The van der Waals surface area contributed by atoms with E-state index in [1.165, 1.54) is 0 Å². The summed E-state index contributed by atoms with van der Waals surface area (Å²) in [5.74, 6) is -0.770. The first-order valence-electron chi connectivity index (χ1n) is 3.29. The average molecular weight is 217 g/mol. The molecule has 0 radical (unpaired) electrons. The molecule has 0 fully saturated rings. The molecule has 0 spiro atoms. The van der Waals surface area contributed by atoms with E-state index in [0.29, 0.717) is 0 Å². The Morgan fingerprint density at radius 2 is 1.85 bits per heavy atom. The minimum absolute atomic E-state index is 0. The van der Waals surface area contributed by atoms with Gasteiger partial charge in [0.2, 0.25) is 5.95 Å². The molecule has 66 valence electrons. The molecule has 13 heavy (non-hydrogen) atoms. The Bertz CT molecular complexity index is 260. The van der Waals surface area contributed by atoms with Gasteiger partial charge in [-0.2, -0.15) is 4.39 Å². The van der Waals surface area contributed by atoms with Crippen molar-refractivity contribution in [1.82, 2.24) is 4.98 Å². The first-order chi connectivity index (χ1) is 5.47. The monoisotopic (exact) mass is 217 g/mol. The summed E-state index contributed by atoms with van der Waals surface area (Å²) in [5, 5.41) is 0. The molecular formula is C6H5BF4KN. The zero-order valence-corrected chi connectivity index (χ0v) is 10.1. The number of rotatable bonds is 2. The van der Waals surface area contributed by atoms with Crippen LogP contribution in [0.4, 0.5) is 17.3 Å². The van der Waals surface area contributed by atoms with E-state index in [2.05, 4.69) is 4.98 Å². The fraction of sp³-hybridized carbons (Fsp3) is 0.167. The number of halogens is 4. The molecule has 0 unspecified atom stereocenters. The Labute approximate surface area is 115 Å². The molecule has 0 aromatic carbocycles. The van der Waals surface area contributed by atoms with Crippen molar-refractivity contribution in [2.24, 2.45) is 0 Å². The van der Waals surface area contributed by atoms with Crippen LogP contribution in [0.1, 0.15) is 5.56 Å². The van der Waals surface area contributed by atoms with Gasteiger partial charge in [0.05, 0.1) is 0 Å². The van der Waals surface area contributed by atoms with Crippen LogP contribution >= 0.6 is 0 Å². The maximum Gasteiger partial charge on any atom is 1.00 e. The van der Waals surface area contributed by atoms with Gasteiger partial charge < -0.3 is 12.9 Å². The van der Waals surface area contributed by atoms with Gasteiger partial charge in [0, 0.05) is 6.20 Å². The minimum Gasteiger partial charge on any atom is -0.449 e. The third-order valence-electron chi connectivity index (χ3n) is 1.26. The minimum atomic E-state index is -4.86. The summed E-state index contributed by atoms with van der Waals surface area (Å²) in [6, 6.07) is 1.99. The van der Waals surface area contributed by atoms with Crippen LogP contribution in [0, 0.1) is 5.95 Å². The third-order valence-corrected chi connectivity index (χ3v) is 1.26. The zero-order chi connectivity index (χ0) is 9.19. The molecule has 0 aliphatic carbocycles. The van der Waals surface area contributed by atoms with E-state index in [0.717, 1.165) is 18.3 Å². The number of nitrogens with zero attached hydrogens (tertiary/aromatic N) is 1. The summed E-state index contributed by atoms with van der Waals surface area (Å²) in [6.45, 7) is -4.86. The SMILES string of the molecule is Fc1ccc(C[B-](F)(F)F)cn1.[K+]. The molecule has 1 nitrogen and oxygen atoms in total. The van der Waals surface area contributed by atoms with Crippen LogP contribution < -0.4 is 51.4 Å². The van der Waals surface area contributed by atoms with Crippen LogP contribution in [-0.4, -0.2) is 12.0 Å². The molecule has 1 aromatic rings.